The van der Waals surface area contributed by atoms with Crippen LogP contribution in [0.2, 0.25) is 0 Å². The maximum absolute atomic E-state index is 13.2. The van der Waals surface area contributed by atoms with Crippen molar-refractivity contribution in [3.8, 4) is 11.1 Å². The van der Waals surface area contributed by atoms with E-state index in [4.69, 9.17) is 5.73 Å². The maximum atomic E-state index is 13.2. The summed E-state index contributed by atoms with van der Waals surface area (Å²) in [4.78, 5) is 29.1. The monoisotopic (exact) mass is 397 g/mol. The lowest BCUT2D eigenvalue weighted by atomic mass is 9.88. The van der Waals surface area contributed by atoms with Crippen LogP contribution >= 0.6 is 0 Å². The van der Waals surface area contributed by atoms with E-state index in [9.17, 15) is 14.0 Å². The Bertz CT molecular complexity index is 843. The predicted molar refractivity (Wildman–Crippen MR) is 112 cm³/mol. The lowest BCUT2D eigenvalue weighted by Crippen LogP contribution is -2.51. The average molecular weight is 397 g/mol. The van der Waals surface area contributed by atoms with Crippen molar-refractivity contribution < 1.29 is 14.0 Å². The van der Waals surface area contributed by atoms with Crippen molar-refractivity contribution in [1.82, 2.24) is 9.80 Å². The van der Waals surface area contributed by atoms with Crippen molar-refractivity contribution in [3.05, 3.63) is 59.9 Å². The molecule has 0 spiro atoms. The van der Waals surface area contributed by atoms with Gasteiger partial charge in [-0.15, -0.1) is 0 Å². The predicted octanol–water partition coefficient (Wildman–Crippen LogP) is 3.00. The largest absolute Gasteiger partial charge is 0.348 e. The lowest BCUT2D eigenvalue weighted by molar-refractivity contribution is -0.139. The van der Waals surface area contributed by atoms with E-state index in [0.29, 0.717) is 18.7 Å². The van der Waals surface area contributed by atoms with Crippen LogP contribution in [0, 0.1) is 5.82 Å². The van der Waals surface area contributed by atoms with Gasteiger partial charge in [0.2, 0.25) is 11.8 Å². The zero-order valence-electron chi connectivity index (χ0n) is 17.0. The van der Waals surface area contributed by atoms with Gasteiger partial charge in [0.05, 0.1) is 5.92 Å². The van der Waals surface area contributed by atoms with E-state index < -0.39 is 12.0 Å². The number of carbonyl (C=O) groups excluding carboxylic acids is 2. The van der Waals surface area contributed by atoms with Crippen molar-refractivity contribution in [3.63, 3.8) is 0 Å². The first kappa shape index (κ1) is 21.0. The Kier molecular flexibility index (Phi) is 6.64. The van der Waals surface area contributed by atoms with E-state index in [-0.39, 0.29) is 17.6 Å². The number of hydrogen-bond donors (Lipinski definition) is 1. The molecule has 1 fully saturated rings. The highest BCUT2D eigenvalue weighted by atomic mass is 19.1. The normalized spacial score (nSPS) is 16.2. The van der Waals surface area contributed by atoms with Crippen molar-refractivity contribution in [2.24, 2.45) is 5.73 Å². The van der Waals surface area contributed by atoms with E-state index in [1.807, 2.05) is 24.3 Å². The molecule has 1 heterocycles. The molecule has 0 bridgehead atoms. The molecule has 6 heteroatoms. The first-order valence-electron chi connectivity index (χ1n) is 10.00. The molecule has 3 rings (SSSR count). The average Bonchev–Trinajstić information content (AvgIpc) is 2.75. The molecule has 29 heavy (non-hydrogen) atoms. The van der Waals surface area contributed by atoms with Crippen LogP contribution in [0.15, 0.2) is 48.5 Å². The number of piperidine rings is 1. The Balaban J connectivity index is 1.87. The van der Waals surface area contributed by atoms with Crippen LogP contribution in [0.4, 0.5) is 4.39 Å². The first-order chi connectivity index (χ1) is 13.9. The maximum Gasteiger partial charge on any atom is 0.240 e. The minimum Gasteiger partial charge on any atom is -0.348 e. The summed E-state index contributed by atoms with van der Waals surface area (Å²) in [6, 6.07) is 12.7. The van der Waals surface area contributed by atoms with Gasteiger partial charge in [-0.2, -0.15) is 0 Å². The number of carbonyl (C=O) groups is 2. The Morgan fingerprint density at radius 2 is 1.45 bits per heavy atom. The lowest BCUT2D eigenvalue weighted by Gasteiger charge is -2.32. The van der Waals surface area contributed by atoms with Crippen LogP contribution in [0.1, 0.15) is 30.7 Å². The summed E-state index contributed by atoms with van der Waals surface area (Å²) in [5.41, 5.74) is 8.83. The van der Waals surface area contributed by atoms with E-state index in [2.05, 4.69) is 0 Å². The van der Waals surface area contributed by atoms with Crippen LogP contribution in [0.3, 0.4) is 0 Å². The molecule has 2 amide bonds. The van der Waals surface area contributed by atoms with Gasteiger partial charge in [0.25, 0.3) is 0 Å². The third kappa shape index (κ3) is 4.82. The Morgan fingerprint density at radius 1 is 0.931 bits per heavy atom. The van der Waals surface area contributed by atoms with Gasteiger partial charge < -0.3 is 15.5 Å². The molecule has 0 saturated carbocycles. The molecule has 0 aromatic heterocycles. The summed E-state index contributed by atoms with van der Waals surface area (Å²) in [6.07, 6.45) is 3.05. The number of likely N-dealkylation sites (tertiary alicyclic amines) is 1. The molecule has 1 saturated heterocycles. The zero-order valence-corrected chi connectivity index (χ0v) is 17.0. The van der Waals surface area contributed by atoms with Crippen LogP contribution < -0.4 is 5.73 Å². The third-order valence-electron chi connectivity index (χ3n) is 5.47. The smallest absolute Gasteiger partial charge is 0.240 e. The number of nitrogens with zero attached hydrogens (tertiary/aromatic N) is 2. The second kappa shape index (κ2) is 9.18. The van der Waals surface area contributed by atoms with Crippen molar-refractivity contribution in [2.75, 3.05) is 27.2 Å². The molecule has 2 atom stereocenters. The highest BCUT2D eigenvalue weighted by Crippen LogP contribution is 2.27. The van der Waals surface area contributed by atoms with E-state index in [1.165, 1.54) is 17.0 Å². The Morgan fingerprint density at radius 3 is 1.97 bits per heavy atom. The molecule has 2 N–H and O–H groups in total. The van der Waals surface area contributed by atoms with Crippen molar-refractivity contribution in [2.45, 2.75) is 31.2 Å². The van der Waals surface area contributed by atoms with E-state index >= 15 is 0 Å². The summed E-state index contributed by atoms with van der Waals surface area (Å²) in [7, 11) is 3.33. The van der Waals surface area contributed by atoms with E-state index in [1.54, 1.807) is 31.1 Å². The number of rotatable bonds is 5. The topological polar surface area (TPSA) is 66.6 Å². The molecule has 0 radical (unpaired) electrons. The van der Waals surface area contributed by atoms with Crippen LogP contribution in [-0.4, -0.2) is 54.8 Å². The van der Waals surface area contributed by atoms with Crippen LogP contribution in [0.25, 0.3) is 11.1 Å². The molecule has 5 nitrogen and oxygen atoms in total. The molecule has 1 aliphatic heterocycles. The van der Waals surface area contributed by atoms with Gasteiger partial charge in [-0.25, -0.2) is 4.39 Å². The van der Waals surface area contributed by atoms with Crippen molar-refractivity contribution >= 4 is 11.8 Å². The quantitative estimate of drug-likeness (QED) is 0.843. The van der Waals surface area contributed by atoms with Crippen LogP contribution in [0.5, 0.6) is 0 Å². The van der Waals surface area contributed by atoms with Gasteiger partial charge >= 0.3 is 0 Å². The summed E-state index contributed by atoms with van der Waals surface area (Å²) >= 11 is 0. The molecule has 2 aromatic carbocycles. The fourth-order valence-electron chi connectivity index (χ4n) is 3.77. The summed E-state index contributed by atoms with van der Waals surface area (Å²) in [5, 5.41) is 0. The second-order valence-electron chi connectivity index (χ2n) is 7.75. The number of hydrogen-bond acceptors (Lipinski definition) is 3. The number of halogens is 1. The summed E-state index contributed by atoms with van der Waals surface area (Å²) in [6.45, 7) is 1.39. The highest BCUT2D eigenvalue weighted by molar-refractivity contribution is 5.93. The number of likely N-dealkylation sites (N-methyl/N-ethyl adjacent to an activating group) is 1. The Hall–Kier alpha value is -2.73. The molecule has 0 aliphatic carbocycles. The van der Waals surface area contributed by atoms with Gasteiger partial charge in [-0.05, 0) is 48.1 Å². The second-order valence-corrected chi connectivity index (χ2v) is 7.75. The van der Waals surface area contributed by atoms with Crippen LogP contribution in [-0.2, 0) is 9.59 Å². The third-order valence-corrected chi connectivity index (χ3v) is 5.47. The molecule has 2 aromatic rings. The fourth-order valence-corrected chi connectivity index (χ4v) is 3.77. The summed E-state index contributed by atoms with van der Waals surface area (Å²) in [5.74, 6) is -1.41. The van der Waals surface area contributed by atoms with Gasteiger partial charge in [-0.1, -0.05) is 36.4 Å². The minimum atomic E-state index is -0.931. The highest BCUT2D eigenvalue weighted by Gasteiger charge is 2.35. The standard InChI is InChI=1S/C23H28FN3O2/c1-26(2)22(28)20(21(25)23(29)27-14-4-3-5-15-27)18-8-6-16(7-9-18)17-10-12-19(24)13-11-17/h6-13,20-21H,3-5,14-15,25H2,1-2H3/t20-,21-/m0/s1. The molecular weight excluding hydrogens is 369 g/mol. The van der Waals surface area contributed by atoms with Gasteiger partial charge in [0, 0.05) is 27.2 Å². The Labute approximate surface area is 171 Å². The fraction of sp³-hybridized carbons (Fsp3) is 0.391. The molecular formula is C23H28FN3O2. The molecule has 0 unspecified atom stereocenters. The van der Waals surface area contributed by atoms with E-state index in [0.717, 1.165) is 30.4 Å². The zero-order chi connectivity index (χ0) is 21.0. The summed E-state index contributed by atoms with van der Waals surface area (Å²) < 4.78 is 13.2. The number of nitrogens with two attached hydrogens (primary N) is 1. The first-order valence-corrected chi connectivity index (χ1v) is 10.00. The van der Waals surface area contributed by atoms with Gasteiger partial charge in [-0.3, -0.25) is 9.59 Å². The van der Waals surface area contributed by atoms with Gasteiger partial charge in [0.15, 0.2) is 0 Å². The SMILES string of the molecule is CN(C)C(=O)[C@@H](c1ccc(-c2ccc(F)cc2)cc1)[C@H](N)C(=O)N1CCCCC1. The molecule has 1 aliphatic rings. The number of amides is 2. The number of benzene rings is 2. The van der Waals surface area contributed by atoms with Gasteiger partial charge in [0.1, 0.15) is 11.9 Å². The minimum absolute atomic E-state index is 0.174. The van der Waals surface area contributed by atoms with Crippen molar-refractivity contribution in [1.29, 1.82) is 0 Å². The molecule has 154 valence electrons.